The fourth-order valence-corrected chi connectivity index (χ4v) is 2.59. The molecule has 0 fully saturated rings. The Morgan fingerprint density at radius 1 is 1.19 bits per heavy atom. The normalized spacial score (nSPS) is 10.8. The summed E-state index contributed by atoms with van der Waals surface area (Å²) in [5.74, 6) is 0.169. The molecular weight excluding hydrogens is 269 g/mol. The van der Waals surface area contributed by atoms with Crippen LogP contribution in [0.4, 0.5) is 4.39 Å². The molecule has 21 heavy (non-hydrogen) atoms. The third-order valence-corrected chi connectivity index (χ3v) is 3.62. The van der Waals surface area contributed by atoms with E-state index in [1.165, 1.54) is 19.2 Å². The van der Waals surface area contributed by atoms with Crippen LogP contribution in [0, 0.1) is 12.7 Å². The molecule has 3 nitrogen and oxygen atoms in total. The highest BCUT2D eigenvalue weighted by Crippen LogP contribution is 2.35. The maximum Gasteiger partial charge on any atom is 0.167 e. The lowest BCUT2D eigenvalue weighted by atomic mass is 10.0. The molecule has 0 saturated carbocycles. The second-order valence-electron chi connectivity index (χ2n) is 4.85. The molecule has 0 amide bonds. The molecule has 0 bridgehead atoms. The van der Waals surface area contributed by atoms with E-state index in [1.807, 2.05) is 35.7 Å². The number of carbonyl (C=O) groups excluding carboxylic acids is 1. The summed E-state index contributed by atoms with van der Waals surface area (Å²) in [4.78, 5) is 11.5. The van der Waals surface area contributed by atoms with Gasteiger partial charge in [0.25, 0.3) is 0 Å². The summed E-state index contributed by atoms with van der Waals surface area (Å²) in [6.45, 7) is 1.97. The number of carbonyl (C=O) groups is 1. The van der Waals surface area contributed by atoms with Crippen LogP contribution in [0.5, 0.6) is 5.75 Å². The van der Waals surface area contributed by atoms with Crippen molar-refractivity contribution in [2.75, 3.05) is 7.11 Å². The Balaban J connectivity index is 2.37. The van der Waals surface area contributed by atoms with Gasteiger partial charge in [0, 0.05) is 22.8 Å². The van der Waals surface area contributed by atoms with Crippen LogP contribution in [-0.4, -0.2) is 17.8 Å². The number of rotatable bonds is 3. The first-order valence-corrected chi connectivity index (χ1v) is 6.55. The number of hydrogen-bond acceptors (Lipinski definition) is 2. The molecule has 2 heterocycles. The van der Waals surface area contributed by atoms with Gasteiger partial charge in [-0.15, -0.1) is 0 Å². The zero-order valence-corrected chi connectivity index (χ0v) is 11.8. The highest BCUT2D eigenvalue weighted by atomic mass is 19.1. The van der Waals surface area contributed by atoms with Gasteiger partial charge in [-0.1, -0.05) is 6.07 Å². The molecule has 3 aromatic rings. The predicted octanol–water partition coefficient (Wildman–Crippen LogP) is 3.87. The molecule has 0 atom stereocenters. The van der Waals surface area contributed by atoms with Crippen molar-refractivity contribution in [1.82, 2.24) is 4.40 Å². The lowest BCUT2D eigenvalue weighted by Gasteiger charge is -2.08. The summed E-state index contributed by atoms with van der Waals surface area (Å²) in [6, 6.07) is 10.0. The number of benzene rings is 1. The van der Waals surface area contributed by atoms with E-state index < -0.39 is 0 Å². The number of hydrogen-bond donors (Lipinski definition) is 0. The van der Waals surface area contributed by atoms with Gasteiger partial charge in [-0.3, -0.25) is 4.79 Å². The van der Waals surface area contributed by atoms with Gasteiger partial charge in [0.05, 0.1) is 12.8 Å². The zero-order valence-electron chi connectivity index (χ0n) is 11.8. The molecule has 106 valence electrons. The van der Waals surface area contributed by atoms with Crippen LogP contribution in [0.1, 0.15) is 16.1 Å². The van der Waals surface area contributed by atoms with Gasteiger partial charge in [0.15, 0.2) is 6.29 Å². The summed E-state index contributed by atoms with van der Waals surface area (Å²) in [5, 5.41) is 0. The van der Waals surface area contributed by atoms with E-state index in [-0.39, 0.29) is 5.82 Å². The van der Waals surface area contributed by atoms with Gasteiger partial charge in [0.2, 0.25) is 0 Å². The number of pyridine rings is 1. The molecule has 0 N–H and O–H groups in total. The maximum atomic E-state index is 13.6. The predicted molar refractivity (Wildman–Crippen MR) is 79.5 cm³/mol. The Hall–Kier alpha value is -2.62. The molecule has 2 aromatic heterocycles. The van der Waals surface area contributed by atoms with E-state index in [9.17, 15) is 9.18 Å². The molecule has 0 aliphatic rings. The quantitative estimate of drug-likeness (QED) is 0.683. The number of ether oxygens (including phenoxy) is 1. The average molecular weight is 283 g/mol. The first-order chi connectivity index (χ1) is 10.2. The summed E-state index contributed by atoms with van der Waals surface area (Å²) in [7, 11) is 1.53. The van der Waals surface area contributed by atoms with Gasteiger partial charge in [-0.2, -0.15) is 0 Å². The first-order valence-electron chi connectivity index (χ1n) is 6.55. The van der Waals surface area contributed by atoms with E-state index in [4.69, 9.17) is 4.74 Å². The highest BCUT2D eigenvalue weighted by Gasteiger charge is 2.16. The number of nitrogens with zero attached hydrogens (tertiary/aromatic N) is 1. The number of aldehydes is 1. The first kappa shape index (κ1) is 13.4. The highest BCUT2D eigenvalue weighted by molar-refractivity contribution is 5.92. The van der Waals surface area contributed by atoms with E-state index in [0.29, 0.717) is 22.6 Å². The monoisotopic (exact) mass is 283 g/mol. The standard InChI is InChI=1S/C17H14FNO2/c1-11-4-3-7-19-15(11)9-13(16(19)10-20)14-8-12(18)5-6-17(14)21-2/h3-10H,1-2H3. The molecule has 0 saturated heterocycles. The van der Waals surface area contributed by atoms with Crippen molar-refractivity contribution in [2.45, 2.75) is 6.92 Å². The minimum atomic E-state index is -0.366. The fourth-order valence-electron chi connectivity index (χ4n) is 2.59. The minimum Gasteiger partial charge on any atom is -0.496 e. The van der Waals surface area contributed by atoms with Crippen LogP contribution in [0.15, 0.2) is 42.6 Å². The van der Waals surface area contributed by atoms with Crippen LogP contribution < -0.4 is 4.74 Å². The van der Waals surface area contributed by atoms with Crippen molar-refractivity contribution >= 4 is 11.8 Å². The molecule has 0 aliphatic carbocycles. The number of methoxy groups -OCH3 is 1. The Kier molecular flexibility index (Phi) is 3.22. The van der Waals surface area contributed by atoms with Gasteiger partial charge in [-0.05, 0) is 42.8 Å². The summed E-state index contributed by atoms with van der Waals surface area (Å²) in [5.41, 5.74) is 3.68. The SMILES string of the molecule is COc1ccc(F)cc1-c1cc2c(C)cccn2c1C=O. The van der Waals surface area contributed by atoms with Gasteiger partial charge in [0.1, 0.15) is 11.6 Å². The topological polar surface area (TPSA) is 30.7 Å². The van der Waals surface area contributed by atoms with Crippen LogP contribution in [0.25, 0.3) is 16.6 Å². The Morgan fingerprint density at radius 2 is 2.00 bits per heavy atom. The van der Waals surface area contributed by atoms with E-state index in [0.717, 1.165) is 17.4 Å². The van der Waals surface area contributed by atoms with Crippen molar-refractivity contribution in [3.05, 3.63) is 59.7 Å². The third-order valence-electron chi connectivity index (χ3n) is 3.62. The molecule has 3 rings (SSSR count). The van der Waals surface area contributed by atoms with Crippen molar-refractivity contribution < 1.29 is 13.9 Å². The Labute approximate surface area is 121 Å². The molecule has 0 unspecified atom stereocenters. The average Bonchev–Trinajstić information content (AvgIpc) is 2.87. The van der Waals surface area contributed by atoms with Crippen molar-refractivity contribution in [3.8, 4) is 16.9 Å². The molecule has 4 heteroatoms. The van der Waals surface area contributed by atoms with Crippen LogP contribution in [0.2, 0.25) is 0 Å². The van der Waals surface area contributed by atoms with E-state index in [1.54, 1.807) is 6.07 Å². The third kappa shape index (κ3) is 2.09. The minimum absolute atomic E-state index is 0.366. The van der Waals surface area contributed by atoms with Crippen molar-refractivity contribution in [2.24, 2.45) is 0 Å². The lowest BCUT2D eigenvalue weighted by molar-refractivity contribution is 0.111. The van der Waals surface area contributed by atoms with Gasteiger partial charge in [-0.25, -0.2) is 4.39 Å². The number of halogens is 1. The van der Waals surface area contributed by atoms with E-state index >= 15 is 0 Å². The number of aryl methyl sites for hydroxylation is 1. The number of fused-ring (bicyclic) bond motifs is 1. The molecule has 0 aliphatic heterocycles. The van der Waals surface area contributed by atoms with Crippen LogP contribution in [-0.2, 0) is 0 Å². The zero-order chi connectivity index (χ0) is 15.0. The van der Waals surface area contributed by atoms with Crippen molar-refractivity contribution in [1.29, 1.82) is 0 Å². The molecule has 1 aromatic carbocycles. The lowest BCUT2D eigenvalue weighted by Crippen LogP contribution is -1.94. The Morgan fingerprint density at radius 3 is 2.71 bits per heavy atom. The summed E-state index contributed by atoms with van der Waals surface area (Å²) >= 11 is 0. The van der Waals surface area contributed by atoms with Crippen LogP contribution in [0.3, 0.4) is 0 Å². The van der Waals surface area contributed by atoms with Gasteiger partial charge >= 0.3 is 0 Å². The second kappa shape index (κ2) is 5.05. The fraction of sp³-hybridized carbons (Fsp3) is 0.118. The molecule has 0 radical (unpaired) electrons. The van der Waals surface area contributed by atoms with E-state index in [2.05, 4.69) is 0 Å². The second-order valence-corrected chi connectivity index (χ2v) is 4.85. The largest absolute Gasteiger partial charge is 0.496 e. The maximum absolute atomic E-state index is 13.6. The molecule has 0 spiro atoms. The smallest absolute Gasteiger partial charge is 0.167 e. The van der Waals surface area contributed by atoms with Crippen molar-refractivity contribution in [3.63, 3.8) is 0 Å². The summed E-state index contributed by atoms with van der Waals surface area (Å²) < 4.78 is 20.7. The molecular formula is C17H14FNO2. The number of aromatic nitrogens is 1. The van der Waals surface area contributed by atoms with Crippen LogP contribution >= 0.6 is 0 Å². The summed E-state index contributed by atoms with van der Waals surface area (Å²) in [6.07, 6.45) is 2.60. The van der Waals surface area contributed by atoms with Gasteiger partial charge < -0.3 is 9.14 Å². The Bertz CT molecular complexity index is 836.